The summed E-state index contributed by atoms with van der Waals surface area (Å²) in [5.41, 5.74) is 1.76. The Labute approximate surface area is 172 Å². The molecule has 1 fully saturated rings. The largest absolute Gasteiger partial charge is 0.497 e. The van der Waals surface area contributed by atoms with E-state index < -0.39 is 5.97 Å². The number of carbonyl (C=O) groups is 1. The maximum atomic E-state index is 12.9. The van der Waals surface area contributed by atoms with Crippen LogP contribution in [-0.4, -0.2) is 29.5 Å². The van der Waals surface area contributed by atoms with E-state index in [0.29, 0.717) is 17.2 Å². The lowest BCUT2D eigenvalue weighted by atomic mass is 10.2. The lowest BCUT2D eigenvalue weighted by molar-refractivity contribution is -0.144. The number of thiophene rings is 1. The molecule has 2 aromatic heterocycles. The van der Waals surface area contributed by atoms with Gasteiger partial charge in [0, 0.05) is 17.8 Å². The fourth-order valence-electron chi connectivity index (χ4n) is 3.20. The van der Waals surface area contributed by atoms with Crippen molar-refractivity contribution in [3.8, 4) is 5.75 Å². The molecule has 1 saturated carbocycles. The number of benzene rings is 1. The second-order valence-electron chi connectivity index (χ2n) is 6.98. The molecule has 3 aromatic rings. The minimum atomic E-state index is -0.447. The average Bonchev–Trinajstić information content (AvgIpc) is 3.47. The predicted octanol–water partition coefficient (Wildman–Crippen LogP) is 3.52. The fraction of sp³-hybridized carbons (Fsp3) is 0.381. The number of nitrogens with zero attached hydrogens (tertiary/aromatic N) is 2. The Morgan fingerprint density at radius 3 is 2.72 bits per heavy atom. The molecule has 1 aliphatic carbocycles. The molecule has 29 heavy (non-hydrogen) atoms. The summed E-state index contributed by atoms with van der Waals surface area (Å²) < 4.78 is 12.0. The van der Waals surface area contributed by atoms with Crippen LogP contribution in [0, 0.1) is 0 Å². The third-order valence-corrected chi connectivity index (χ3v) is 5.92. The second-order valence-corrected chi connectivity index (χ2v) is 8.03. The van der Waals surface area contributed by atoms with E-state index in [1.807, 2.05) is 30.3 Å². The zero-order chi connectivity index (χ0) is 20.4. The van der Waals surface area contributed by atoms with E-state index in [2.05, 4.69) is 10.4 Å². The highest BCUT2D eigenvalue weighted by molar-refractivity contribution is 7.22. The van der Waals surface area contributed by atoms with Gasteiger partial charge in [-0.05, 0) is 43.5 Å². The molecule has 2 heterocycles. The first-order chi connectivity index (χ1) is 14.1. The molecule has 0 spiro atoms. The maximum absolute atomic E-state index is 12.9. The van der Waals surface area contributed by atoms with Crippen LogP contribution in [0.2, 0.25) is 0 Å². The van der Waals surface area contributed by atoms with Crippen LogP contribution in [0.15, 0.2) is 35.1 Å². The van der Waals surface area contributed by atoms with Crippen LogP contribution < -0.4 is 15.6 Å². The van der Waals surface area contributed by atoms with E-state index in [1.54, 1.807) is 14.0 Å². The van der Waals surface area contributed by atoms with Crippen molar-refractivity contribution in [2.75, 3.05) is 19.0 Å². The van der Waals surface area contributed by atoms with Gasteiger partial charge < -0.3 is 14.8 Å². The zero-order valence-electron chi connectivity index (χ0n) is 16.4. The standard InChI is InChI=1S/C21H23N3O4S/c1-3-28-18(25)12-24-21(26)20-16(19(23-24)14-6-7-14)10-17(29-20)22-11-13-4-8-15(27-2)9-5-13/h4-5,8-10,14,22H,3,6-7,11-12H2,1-2H3. The number of esters is 1. The Morgan fingerprint density at radius 2 is 2.07 bits per heavy atom. The second kappa shape index (κ2) is 8.24. The summed E-state index contributed by atoms with van der Waals surface area (Å²) in [6.45, 7) is 2.51. The highest BCUT2D eigenvalue weighted by Gasteiger charge is 2.29. The molecular formula is C21H23N3O4S. The molecule has 7 nitrogen and oxygen atoms in total. The van der Waals surface area contributed by atoms with Crippen molar-refractivity contribution in [3.05, 3.63) is 51.9 Å². The van der Waals surface area contributed by atoms with E-state index in [1.165, 1.54) is 16.0 Å². The van der Waals surface area contributed by atoms with Crippen molar-refractivity contribution >= 4 is 32.4 Å². The first-order valence-corrected chi connectivity index (χ1v) is 10.5. The molecule has 0 atom stereocenters. The number of carbonyl (C=O) groups excluding carboxylic acids is 1. The topological polar surface area (TPSA) is 82.5 Å². The van der Waals surface area contributed by atoms with E-state index in [0.717, 1.165) is 40.2 Å². The van der Waals surface area contributed by atoms with E-state index in [4.69, 9.17) is 9.47 Å². The highest BCUT2D eigenvalue weighted by Crippen LogP contribution is 2.43. The van der Waals surface area contributed by atoms with Gasteiger partial charge in [0.05, 0.1) is 24.4 Å². The smallest absolute Gasteiger partial charge is 0.327 e. The van der Waals surface area contributed by atoms with Gasteiger partial charge >= 0.3 is 5.97 Å². The molecule has 0 radical (unpaired) electrons. The van der Waals surface area contributed by atoms with E-state index in [-0.39, 0.29) is 18.7 Å². The first kappa shape index (κ1) is 19.4. The summed E-state index contributed by atoms with van der Waals surface area (Å²) in [5, 5.41) is 9.69. The molecule has 8 heteroatoms. The lowest BCUT2D eigenvalue weighted by Crippen LogP contribution is -2.28. The third kappa shape index (κ3) is 4.27. The quantitative estimate of drug-likeness (QED) is 0.569. The van der Waals surface area contributed by atoms with Gasteiger partial charge in [0.25, 0.3) is 5.56 Å². The van der Waals surface area contributed by atoms with Gasteiger partial charge in [0.15, 0.2) is 0 Å². The van der Waals surface area contributed by atoms with E-state index >= 15 is 0 Å². The molecule has 1 N–H and O–H groups in total. The summed E-state index contributed by atoms with van der Waals surface area (Å²) in [6, 6.07) is 9.85. The predicted molar refractivity (Wildman–Crippen MR) is 113 cm³/mol. The summed E-state index contributed by atoms with van der Waals surface area (Å²) >= 11 is 1.40. The Morgan fingerprint density at radius 1 is 1.31 bits per heavy atom. The van der Waals surface area contributed by atoms with Crippen LogP contribution in [-0.2, 0) is 22.6 Å². The minimum Gasteiger partial charge on any atom is -0.497 e. The number of hydrogen-bond acceptors (Lipinski definition) is 7. The third-order valence-electron chi connectivity index (χ3n) is 4.84. The van der Waals surface area contributed by atoms with Crippen molar-refractivity contribution in [1.29, 1.82) is 0 Å². The number of anilines is 1. The number of rotatable bonds is 8. The van der Waals surface area contributed by atoms with Crippen molar-refractivity contribution in [1.82, 2.24) is 9.78 Å². The van der Waals surface area contributed by atoms with Crippen molar-refractivity contribution in [3.63, 3.8) is 0 Å². The molecule has 4 rings (SSSR count). The maximum Gasteiger partial charge on any atom is 0.327 e. The molecule has 152 valence electrons. The normalized spacial score (nSPS) is 13.4. The van der Waals surface area contributed by atoms with Crippen LogP contribution in [0.5, 0.6) is 5.75 Å². The van der Waals surface area contributed by atoms with Crippen LogP contribution in [0.4, 0.5) is 5.00 Å². The van der Waals surface area contributed by atoms with Crippen LogP contribution in [0.3, 0.4) is 0 Å². The van der Waals surface area contributed by atoms with Crippen LogP contribution in [0.25, 0.3) is 10.1 Å². The fourth-order valence-corrected chi connectivity index (χ4v) is 4.21. The van der Waals surface area contributed by atoms with Gasteiger partial charge in [-0.1, -0.05) is 12.1 Å². The Bertz CT molecular complexity index is 1080. The van der Waals surface area contributed by atoms with Crippen molar-refractivity contribution in [2.45, 2.75) is 38.8 Å². The zero-order valence-corrected chi connectivity index (χ0v) is 17.3. The average molecular weight is 413 g/mol. The first-order valence-electron chi connectivity index (χ1n) is 9.66. The lowest BCUT2D eigenvalue weighted by Gasteiger charge is -2.07. The summed E-state index contributed by atoms with van der Waals surface area (Å²) in [7, 11) is 1.64. The van der Waals surface area contributed by atoms with Crippen LogP contribution >= 0.6 is 11.3 Å². The van der Waals surface area contributed by atoms with Crippen molar-refractivity contribution < 1.29 is 14.3 Å². The molecule has 1 aliphatic rings. The SMILES string of the molecule is CCOC(=O)Cn1nc(C2CC2)c2cc(NCc3ccc(OC)cc3)sc2c1=O. The summed E-state index contributed by atoms with van der Waals surface area (Å²) in [5.74, 6) is 0.728. The van der Waals surface area contributed by atoms with Gasteiger partial charge in [0.2, 0.25) is 0 Å². The van der Waals surface area contributed by atoms with Gasteiger partial charge in [-0.15, -0.1) is 11.3 Å². The molecule has 0 unspecified atom stereocenters. The number of fused-ring (bicyclic) bond motifs is 1. The molecule has 0 saturated heterocycles. The van der Waals surface area contributed by atoms with Gasteiger partial charge in [-0.2, -0.15) is 5.10 Å². The Kier molecular flexibility index (Phi) is 5.53. The van der Waals surface area contributed by atoms with Crippen LogP contribution in [0.1, 0.15) is 36.9 Å². The molecular weight excluding hydrogens is 390 g/mol. The molecule has 0 aliphatic heterocycles. The number of nitrogens with one attached hydrogen (secondary N) is 1. The van der Waals surface area contributed by atoms with Gasteiger partial charge in [-0.25, -0.2) is 4.68 Å². The van der Waals surface area contributed by atoms with Crippen molar-refractivity contribution in [2.24, 2.45) is 0 Å². The monoisotopic (exact) mass is 413 g/mol. The van der Waals surface area contributed by atoms with Gasteiger partial charge in [0.1, 0.15) is 17.0 Å². The number of ether oxygens (including phenoxy) is 2. The summed E-state index contributed by atoms with van der Waals surface area (Å²) in [4.78, 5) is 24.8. The molecule has 0 amide bonds. The molecule has 0 bridgehead atoms. The summed E-state index contributed by atoms with van der Waals surface area (Å²) in [6.07, 6.45) is 2.12. The Hall–Kier alpha value is -2.87. The molecule has 1 aromatic carbocycles. The van der Waals surface area contributed by atoms with E-state index in [9.17, 15) is 9.59 Å². The minimum absolute atomic E-state index is 0.158. The number of methoxy groups -OCH3 is 1. The highest BCUT2D eigenvalue weighted by atomic mass is 32.1. The van der Waals surface area contributed by atoms with Gasteiger partial charge in [-0.3, -0.25) is 9.59 Å². The number of hydrogen-bond donors (Lipinski definition) is 1. The Balaban J connectivity index is 1.61. The number of aromatic nitrogens is 2.